The molecule has 0 unspecified atom stereocenters. The van der Waals surface area contributed by atoms with Gasteiger partial charge in [0.15, 0.2) is 0 Å². The summed E-state index contributed by atoms with van der Waals surface area (Å²) in [7, 11) is -2.67. The van der Waals surface area contributed by atoms with Gasteiger partial charge in [-0.15, -0.1) is 11.3 Å². The van der Waals surface area contributed by atoms with Crippen LogP contribution in [-0.2, 0) is 4.57 Å². The van der Waals surface area contributed by atoms with Gasteiger partial charge >= 0.3 is 0 Å². The number of nitriles is 1. The SMILES string of the molecule is CP(C)(=O)c1c(C#N)ccc2c(-c3nc(N[C@H]4CCCNC4)nc4ccsc34)c[nH]c12. The van der Waals surface area contributed by atoms with Crippen LogP contribution in [0.4, 0.5) is 5.95 Å². The van der Waals surface area contributed by atoms with Crippen molar-refractivity contribution in [2.45, 2.75) is 18.9 Å². The van der Waals surface area contributed by atoms with E-state index in [0.717, 1.165) is 58.3 Å². The average Bonchev–Trinajstić information content (AvgIpc) is 3.39. The van der Waals surface area contributed by atoms with Gasteiger partial charge in [-0.3, -0.25) is 0 Å². The molecular formula is C22H23N6OPS. The molecule has 3 N–H and O–H groups in total. The second kappa shape index (κ2) is 7.76. The normalized spacial score (nSPS) is 17.1. The summed E-state index contributed by atoms with van der Waals surface area (Å²) in [5.74, 6) is 0.620. The minimum Gasteiger partial charge on any atom is -0.360 e. The van der Waals surface area contributed by atoms with Gasteiger partial charge in [-0.25, -0.2) is 9.97 Å². The molecule has 0 aliphatic carbocycles. The van der Waals surface area contributed by atoms with E-state index in [1.807, 2.05) is 23.7 Å². The van der Waals surface area contributed by atoms with Gasteiger partial charge < -0.3 is 20.2 Å². The Labute approximate surface area is 184 Å². The largest absolute Gasteiger partial charge is 0.360 e. The Morgan fingerprint density at radius 2 is 2.16 bits per heavy atom. The summed E-state index contributed by atoms with van der Waals surface area (Å²) in [5.41, 5.74) is 3.87. The zero-order valence-corrected chi connectivity index (χ0v) is 19.1. The Balaban J connectivity index is 1.68. The maximum atomic E-state index is 13.0. The molecule has 0 saturated carbocycles. The van der Waals surface area contributed by atoms with E-state index >= 15 is 0 Å². The molecule has 9 heteroatoms. The van der Waals surface area contributed by atoms with Gasteiger partial charge in [0.05, 0.1) is 38.4 Å². The van der Waals surface area contributed by atoms with Gasteiger partial charge in [0.1, 0.15) is 7.14 Å². The van der Waals surface area contributed by atoms with E-state index < -0.39 is 7.14 Å². The van der Waals surface area contributed by atoms with Crippen LogP contribution in [0.2, 0.25) is 0 Å². The van der Waals surface area contributed by atoms with E-state index in [-0.39, 0.29) is 0 Å². The van der Waals surface area contributed by atoms with E-state index in [1.54, 1.807) is 30.7 Å². The smallest absolute Gasteiger partial charge is 0.224 e. The summed E-state index contributed by atoms with van der Waals surface area (Å²) in [4.78, 5) is 12.9. The first-order chi connectivity index (χ1) is 15.0. The fraction of sp³-hybridized carbons (Fsp3) is 0.318. The molecule has 1 aliphatic heterocycles. The monoisotopic (exact) mass is 450 g/mol. The number of rotatable bonds is 4. The number of hydrogen-bond donors (Lipinski definition) is 3. The molecule has 1 aliphatic rings. The Morgan fingerprint density at radius 3 is 2.90 bits per heavy atom. The zero-order valence-electron chi connectivity index (χ0n) is 17.4. The predicted molar refractivity (Wildman–Crippen MR) is 128 cm³/mol. The van der Waals surface area contributed by atoms with Crippen LogP contribution in [0.5, 0.6) is 0 Å². The van der Waals surface area contributed by atoms with Crippen molar-refractivity contribution < 1.29 is 4.57 Å². The number of benzene rings is 1. The van der Waals surface area contributed by atoms with Crippen molar-refractivity contribution in [2.24, 2.45) is 0 Å². The van der Waals surface area contributed by atoms with E-state index in [9.17, 15) is 9.83 Å². The molecule has 0 radical (unpaired) electrons. The number of aromatic amines is 1. The molecule has 1 atom stereocenters. The highest BCUT2D eigenvalue weighted by Crippen LogP contribution is 2.42. The quantitative estimate of drug-likeness (QED) is 0.404. The molecule has 0 spiro atoms. The Bertz CT molecular complexity index is 1370. The van der Waals surface area contributed by atoms with Gasteiger partial charge in [0, 0.05) is 29.7 Å². The van der Waals surface area contributed by atoms with Crippen molar-refractivity contribution in [1.82, 2.24) is 20.3 Å². The number of nitrogens with one attached hydrogen (secondary N) is 3. The lowest BCUT2D eigenvalue weighted by Gasteiger charge is -2.24. The predicted octanol–water partition coefficient (Wildman–Crippen LogP) is 4.12. The van der Waals surface area contributed by atoms with E-state index in [2.05, 4.69) is 21.7 Å². The van der Waals surface area contributed by atoms with Crippen LogP contribution >= 0.6 is 18.5 Å². The van der Waals surface area contributed by atoms with Gasteiger partial charge in [0.25, 0.3) is 0 Å². The third-order valence-electron chi connectivity index (χ3n) is 5.68. The van der Waals surface area contributed by atoms with Crippen LogP contribution in [0, 0.1) is 11.3 Å². The molecule has 5 rings (SSSR count). The first kappa shape index (κ1) is 20.2. The molecule has 1 fully saturated rings. The van der Waals surface area contributed by atoms with Crippen molar-refractivity contribution in [3.05, 3.63) is 35.3 Å². The first-order valence-electron chi connectivity index (χ1n) is 10.3. The summed E-state index contributed by atoms with van der Waals surface area (Å²) in [6.45, 7) is 5.35. The zero-order chi connectivity index (χ0) is 21.6. The van der Waals surface area contributed by atoms with E-state index in [4.69, 9.17) is 9.97 Å². The van der Waals surface area contributed by atoms with Gasteiger partial charge in [-0.05, 0) is 50.2 Å². The van der Waals surface area contributed by atoms with E-state index in [1.165, 1.54) is 0 Å². The van der Waals surface area contributed by atoms with Gasteiger partial charge in [-0.1, -0.05) is 6.07 Å². The third-order valence-corrected chi connectivity index (χ3v) is 8.13. The lowest BCUT2D eigenvalue weighted by molar-refractivity contribution is 0.478. The lowest BCUT2D eigenvalue weighted by atomic mass is 10.1. The van der Waals surface area contributed by atoms with Crippen molar-refractivity contribution in [3.8, 4) is 17.3 Å². The minimum atomic E-state index is -2.67. The standard InChI is InChI=1S/C22H23N6OPS/c1-30(2,29)20-13(10-23)5-6-15-16(12-25-18(15)20)19-21-17(7-9-31-21)27-22(28-19)26-14-4-3-8-24-11-14/h5-7,9,12,14,24-25H,3-4,8,11H2,1-2H3,(H,26,27,28)/t14-/m0/s1. The summed E-state index contributed by atoms with van der Waals surface area (Å²) >= 11 is 1.61. The third kappa shape index (κ3) is 3.63. The van der Waals surface area contributed by atoms with Crippen LogP contribution in [0.3, 0.4) is 0 Å². The molecule has 7 nitrogen and oxygen atoms in total. The highest BCUT2D eigenvalue weighted by Gasteiger charge is 2.24. The number of fused-ring (bicyclic) bond motifs is 2. The van der Waals surface area contributed by atoms with Gasteiger partial charge in [-0.2, -0.15) is 5.26 Å². The second-order valence-corrected chi connectivity index (χ2v) is 12.3. The van der Waals surface area contributed by atoms with Crippen LogP contribution in [0.25, 0.3) is 32.4 Å². The number of H-pyrrole nitrogens is 1. The number of thiophene rings is 1. The molecule has 1 aromatic carbocycles. The van der Waals surface area contributed by atoms with Crippen LogP contribution < -0.4 is 15.9 Å². The van der Waals surface area contributed by atoms with Crippen LogP contribution in [0.1, 0.15) is 18.4 Å². The molecule has 4 heterocycles. The Morgan fingerprint density at radius 1 is 1.29 bits per heavy atom. The molecule has 0 amide bonds. The summed E-state index contributed by atoms with van der Waals surface area (Å²) in [5, 5.41) is 20.0. The Hall–Kier alpha value is -2.72. The molecule has 4 aromatic rings. The number of nitrogens with zero attached hydrogens (tertiary/aromatic N) is 3. The topological polar surface area (TPSA) is 106 Å². The van der Waals surface area contributed by atoms with Crippen molar-refractivity contribution in [3.63, 3.8) is 0 Å². The van der Waals surface area contributed by atoms with Gasteiger partial charge in [0.2, 0.25) is 5.95 Å². The summed E-state index contributed by atoms with van der Waals surface area (Å²) < 4.78 is 14.0. The van der Waals surface area contributed by atoms with Crippen LogP contribution in [-0.4, -0.2) is 47.4 Å². The average molecular weight is 451 g/mol. The first-order valence-corrected chi connectivity index (χ1v) is 13.8. The molecule has 31 heavy (non-hydrogen) atoms. The summed E-state index contributed by atoms with van der Waals surface area (Å²) in [6.07, 6.45) is 4.12. The molecule has 0 bridgehead atoms. The highest BCUT2D eigenvalue weighted by atomic mass is 32.1. The fourth-order valence-electron chi connectivity index (χ4n) is 4.30. The fourth-order valence-corrected chi connectivity index (χ4v) is 6.56. The van der Waals surface area contributed by atoms with E-state index in [0.29, 0.717) is 22.9 Å². The minimum absolute atomic E-state index is 0.302. The van der Waals surface area contributed by atoms with Crippen molar-refractivity contribution in [2.75, 3.05) is 31.7 Å². The van der Waals surface area contributed by atoms with Crippen molar-refractivity contribution in [1.29, 1.82) is 5.26 Å². The number of piperidine rings is 1. The summed E-state index contributed by atoms with van der Waals surface area (Å²) in [6, 6.07) is 8.18. The molecule has 1 saturated heterocycles. The van der Waals surface area contributed by atoms with Crippen molar-refractivity contribution >= 4 is 50.9 Å². The second-order valence-electron chi connectivity index (χ2n) is 8.27. The lowest BCUT2D eigenvalue weighted by Crippen LogP contribution is -2.38. The molecule has 158 valence electrons. The Kier molecular flexibility index (Phi) is 5.05. The number of aromatic nitrogens is 3. The maximum absolute atomic E-state index is 13.0. The van der Waals surface area contributed by atoms with Crippen LogP contribution in [0.15, 0.2) is 29.8 Å². The molecular weight excluding hydrogens is 427 g/mol. The number of hydrogen-bond acceptors (Lipinski definition) is 7. The number of anilines is 1. The highest BCUT2D eigenvalue weighted by molar-refractivity contribution is 7.70. The molecule has 3 aromatic heterocycles. The maximum Gasteiger partial charge on any atom is 0.224 e.